The Hall–Kier alpha value is -3.22. The summed E-state index contributed by atoms with van der Waals surface area (Å²) in [5.41, 5.74) is 1.39. The summed E-state index contributed by atoms with van der Waals surface area (Å²) in [6, 6.07) is 14.8. The SMILES string of the molecule is COc1ccc(C(=O)NCC(=O)NCC(Nc2ccccc2)C(C)C)cc1OC. The third-order valence-electron chi connectivity index (χ3n) is 4.50. The van der Waals surface area contributed by atoms with Gasteiger partial charge < -0.3 is 25.4 Å². The maximum atomic E-state index is 12.3. The van der Waals surface area contributed by atoms with Gasteiger partial charge >= 0.3 is 0 Å². The molecule has 7 nitrogen and oxygen atoms in total. The van der Waals surface area contributed by atoms with Crippen LogP contribution in [0.15, 0.2) is 48.5 Å². The summed E-state index contributed by atoms with van der Waals surface area (Å²) < 4.78 is 10.4. The average Bonchev–Trinajstić information content (AvgIpc) is 2.74. The number of hydrogen-bond acceptors (Lipinski definition) is 5. The summed E-state index contributed by atoms with van der Waals surface area (Å²) in [5.74, 6) is 0.698. The number of carbonyl (C=O) groups excluding carboxylic acids is 2. The molecule has 2 aromatic rings. The fourth-order valence-corrected chi connectivity index (χ4v) is 2.73. The van der Waals surface area contributed by atoms with Crippen LogP contribution in [0.3, 0.4) is 0 Å². The van der Waals surface area contributed by atoms with Crippen molar-refractivity contribution in [2.24, 2.45) is 5.92 Å². The van der Waals surface area contributed by atoms with Crippen molar-refractivity contribution in [2.75, 3.05) is 32.6 Å². The molecule has 1 atom stereocenters. The molecular formula is C22H29N3O4. The molecule has 2 amide bonds. The molecule has 0 heterocycles. The highest BCUT2D eigenvalue weighted by Gasteiger charge is 2.16. The molecule has 2 aromatic carbocycles. The third-order valence-corrected chi connectivity index (χ3v) is 4.50. The number of rotatable bonds is 10. The second-order valence-corrected chi connectivity index (χ2v) is 6.92. The van der Waals surface area contributed by atoms with Crippen LogP contribution in [0.25, 0.3) is 0 Å². The Balaban J connectivity index is 1.84. The number of nitrogens with one attached hydrogen (secondary N) is 3. The number of anilines is 1. The lowest BCUT2D eigenvalue weighted by molar-refractivity contribution is -0.120. The van der Waals surface area contributed by atoms with Crippen LogP contribution in [0.2, 0.25) is 0 Å². The number of amides is 2. The number of methoxy groups -OCH3 is 2. The van der Waals surface area contributed by atoms with Crippen LogP contribution in [-0.4, -0.2) is 45.2 Å². The van der Waals surface area contributed by atoms with E-state index in [0.29, 0.717) is 29.5 Å². The predicted molar refractivity (Wildman–Crippen MR) is 114 cm³/mol. The van der Waals surface area contributed by atoms with Gasteiger partial charge in [-0.3, -0.25) is 9.59 Å². The summed E-state index contributed by atoms with van der Waals surface area (Å²) in [5, 5.41) is 8.91. The van der Waals surface area contributed by atoms with Gasteiger partial charge in [0.2, 0.25) is 5.91 Å². The van der Waals surface area contributed by atoms with Crippen molar-refractivity contribution in [1.29, 1.82) is 0 Å². The molecule has 2 rings (SSSR count). The second kappa shape index (κ2) is 10.9. The normalized spacial score (nSPS) is 11.5. The van der Waals surface area contributed by atoms with Gasteiger partial charge in [0.05, 0.1) is 20.8 Å². The highest BCUT2D eigenvalue weighted by Crippen LogP contribution is 2.27. The molecule has 0 aliphatic rings. The Bertz CT molecular complexity index is 809. The first kappa shape index (κ1) is 22.1. The molecule has 0 aromatic heterocycles. The van der Waals surface area contributed by atoms with Crippen molar-refractivity contribution in [2.45, 2.75) is 19.9 Å². The van der Waals surface area contributed by atoms with Crippen LogP contribution in [0.4, 0.5) is 5.69 Å². The lowest BCUT2D eigenvalue weighted by atomic mass is 10.0. The minimum atomic E-state index is -0.357. The van der Waals surface area contributed by atoms with E-state index in [2.05, 4.69) is 29.8 Å². The van der Waals surface area contributed by atoms with E-state index < -0.39 is 0 Å². The summed E-state index contributed by atoms with van der Waals surface area (Å²) in [6.45, 7) is 4.53. The van der Waals surface area contributed by atoms with Crippen molar-refractivity contribution in [3.05, 3.63) is 54.1 Å². The Kier molecular flexibility index (Phi) is 8.33. The number of benzene rings is 2. The number of para-hydroxylation sites is 1. The van der Waals surface area contributed by atoms with Gasteiger partial charge in [0.15, 0.2) is 11.5 Å². The van der Waals surface area contributed by atoms with Gasteiger partial charge in [-0.05, 0) is 36.2 Å². The number of carbonyl (C=O) groups is 2. The summed E-state index contributed by atoms with van der Waals surface area (Å²) in [6.07, 6.45) is 0. The molecule has 0 aliphatic carbocycles. The molecule has 0 aliphatic heterocycles. The smallest absolute Gasteiger partial charge is 0.251 e. The average molecular weight is 399 g/mol. The topological polar surface area (TPSA) is 88.7 Å². The molecule has 0 saturated carbocycles. The Morgan fingerprint density at radius 1 is 0.931 bits per heavy atom. The molecular weight excluding hydrogens is 370 g/mol. The molecule has 29 heavy (non-hydrogen) atoms. The molecule has 0 fully saturated rings. The van der Waals surface area contributed by atoms with E-state index in [-0.39, 0.29) is 24.4 Å². The fraction of sp³-hybridized carbons (Fsp3) is 0.364. The lowest BCUT2D eigenvalue weighted by Gasteiger charge is -2.24. The second-order valence-electron chi connectivity index (χ2n) is 6.92. The van der Waals surface area contributed by atoms with E-state index in [1.807, 2.05) is 30.3 Å². The highest BCUT2D eigenvalue weighted by molar-refractivity contribution is 5.97. The molecule has 7 heteroatoms. The minimum absolute atomic E-state index is 0.0721. The standard InChI is InChI=1S/C22H29N3O4/c1-15(2)18(25-17-8-6-5-7-9-17)13-23-21(26)14-24-22(27)16-10-11-19(28-3)20(12-16)29-4/h5-12,15,18,25H,13-14H2,1-4H3,(H,23,26)(H,24,27). The van der Waals surface area contributed by atoms with E-state index in [1.54, 1.807) is 18.2 Å². The Morgan fingerprint density at radius 3 is 2.24 bits per heavy atom. The molecule has 0 saturated heterocycles. The third kappa shape index (κ3) is 6.71. The molecule has 156 valence electrons. The maximum Gasteiger partial charge on any atom is 0.251 e. The number of ether oxygens (including phenoxy) is 2. The van der Waals surface area contributed by atoms with Crippen molar-refractivity contribution in [3.63, 3.8) is 0 Å². The van der Waals surface area contributed by atoms with Gasteiger partial charge in [0.25, 0.3) is 5.91 Å². The van der Waals surface area contributed by atoms with Crippen LogP contribution in [0, 0.1) is 5.92 Å². The molecule has 0 spiro atoms. The van der Waals surface area contributed by atoms with Gasteiger partial charge in [-0.2, -0.15) is 0 Å². The van der Waals surface area contributed by atoms with Crippen molar-refractivity contribution in [1.82, 2.24) is 10.6 Å². The van der Waals surface area contributed by atoms with Crippen LogP contribution >= 0.6 is 0 Å². The van der Waals surface area contributed by atoms with Gasteiger partial charge in [-0.15, -0.1) is 0 Å². The number of hydrogen-bond donors (Lipinski definition) is 3. The van der Waals surface area contributed by atoms with E-state index in [9.17, 15) is 9.59 Å². The Labute approximate surface area is 171 Å². The molecule has 0 radical (unpaired) electrons. The molecule has 3 N–H and O–H groups in total. The monoisotopic (exact) mass is 399 g/mol. The zero-order valence-corrected chi connectivity index (χ0v) is 17.3. The first-order chi connectivity index (χ1) is 13.9. The maximum absolute atomic E-state index is 12.3. The van der Waals surface area contributed by atoms with Crippen LogP contribution in [0.5, 0.6) is 11.5 Å². The zero-order valence-electron chi connectivity index (χ0n) is 17.3. The quantitative estimate of drug-likeness (QED) is 0.572. The van der Waals surface area contributed by atoms with Crippen molar-refractivity contribution in [3.8, 4) is 11.5 Å². The minimum Gasteiger partial charge on any atom is -0.493 e. The largest absolute Gasteiger partial charge is 0.493 e. The van der Waals surface area contributed by atoms with E-state index in [4.69, 9.17) is 9.47 Å². The summed E-state index contributed by atoms with van der Waals surface area (Å²) >= 11 is 0. The first-order valence-electron chi connectivity index (χ1n) is 9.53. The van der Waals surface area contributed by atoms with Crippen molar-refractivity contribution < 1.29 is 19.1 Å². The highest BCUT2D eigenvalue weighted by atomic mass is 16.5. The van der Waals surface area contributed by atoms with Crippen LogP contribution in [0.1, 0.15) is 24.2 Å². The van der Waals surface area contributed by atoms with Crippen LogP contribution in [-0.2, 0) is 4.79 Å². The summed E-state index contributed by atoms with van der Waals surface area (Å²) in [4.78, 5) is 24.5. The lowest BCUT2D eigenvalue weighted by Crippen LogP contribution is -2.43. The van der Waals surface area contributed by atoms with E-state index >= 15 is 0 Å². The molecule has 0 bridgehead atoms. The van der Waals surface area contributed by atoms with E-state index in [0.717, 1.165) is 5.69 Å². The van der Waals surface area contributed by atoms with Crippen molar-refractivity contribution >= 4 is 17.5 Å². The Morgan fingerprint density at radius 2 is 1.62 bits per heavy atom. The zero-order chi connectivity index (χ0) is 21.2. The molecule has 1 unspecified atom stereocenters. The van der Waals surface area contributed by atoms with Gasteiger partial charge in [-0.25, -0.2) is 0 Å². The first-order valence-corrected chi connectivity index (χ1v) is 9.53. The van der Waals surface area contributed by atoms with Gasteiger partial charge in [0, 0.05) is 23.8 Å². The fourth-order valence-electron chi connectivity index (χ4n) is 2.73. The predicted octanol–water partition coefficient (Wildman–Crippen LogP) is 2.69. The van der Waals surface area contributed by atoms with Gasteiger partial charge in [-0.1, -0.05) is 32.0 Å². The van der Waals surface area contributed by atoms with Gasteiger partial charge in [0.1, 0.15) is 0 Å². The van der Waals surface area contributed by atoms with E-state index in [1.165, 1.54) is 14.2 Å². The summed E-state index contributed by atoms with van der Waals surface area (Å²) in [7, 11) is 3.03. The van der Waals surface area contributed by atoms with Crippen LogP contribution < -0.4 is 25.4 Å².